The van der Waals surface area contributed by atoms with Crippen LogP contribution in [0, 0.1) is 5.92 Å². The molecular weight excluding hydrogens is 251 g/mol. The van der Waals surface area contributed by atoms with Gasteiger partial charge in [0, 0.05) is 24.2 Å². The first-order valence-corrected chi connectivity index (χ1v) is 6.40. The third-order valence-electron chi connectivity index (χ3n) is 3.75. The summed E-state index contributed by atoms with van der Waals surface area (Å²) in [6, 6.07) is 7.46. The second-order valence-electron chi connectivity index (χ2n) is 5.04. The molecule has 2 rings (SSSR count). The van der Waals surface area contributed by atoms with Gasteiger partial charge in [-0.3, -0.25) is 4.79 Å². The fourth-order valence-corrected chi connectivity index (χ4v) is 2.47. The van der Waals surface area contributed by atoms with Crippen LogP contribution in [0.4, 0.5) is 0 Å². The molecule has 1 aliphatic rings. The van der Waals surface area contributed by atoms with Crippen molar-refractivity contribution in [3.8, 4) is 0 Å². The molecule has 1 aromatic rings. The third kappa shape index (κ3) is 4.16. The van der Waals surface area contributed by atoms with Gasteiger partial charge in [0.25, 0.3) is 0 Å². The minimum absolute atomic E-state index is 0. The van der Waals surface area contributed by atoms with E-state index in [-0.39, 0.29) is 35.5 Å². The van der Waals surface area contributed by atoms with Crippen LogP contribution in [0.2, 0.25) is 0 Å². The smallest absolute Gasteiger partial charge is 0.550 e. The number of carboxylic acids is 1. The summed E-state index contributed by atoms with van der Waals surface area (Å²) in [4.78, 5) is 22.3. The van der Waals surface area contributed by atoms with Crippen molar-refractivity contribution in [2.75, 3.05) is 0 Å². The van der Waals surface area contributed by atoms with E-state index in [1.165, 1.54) is 0 Å². The minimum Gasteiger partial charge on any atom is -0.550 e. The number of Topliss-reactive ketones (excluding diaryl/α,β-unsaturated/α-hetero) is 1. The predicted molar refractivity (Wildman–Crippen MR) is 65.9 cm³/mol. The Labute approximate surface area is 135 Å². The van der Waals surface area contributed by atoms with E-state index in [2.05, 4.69) is 0 Å². The first kappa shape index (κ1) is 16.4. The first-order chi connectivity index (χ1) is 8.58. The summed E-state index contributed by atoms with van der Waals surface area (Å²) in [7, 11) is 0. The van der Waals surface area contributed by atoms with Crippen molar-refractivity contribution in [3.63, 3.8) is 0 Å². The van der Waals surface area contributed by atoms with Crippen LogP contribution in [0.5, 0.6) is 0 Å². The average Bonchev–Trinajstić information content (AvgIpc) is 2.75. The van der Waals surface area contributed by atoms with E-state index in [4.69, 9.17) is 0 Å². The summed E-state index contributed by atoms with van der Waals surface area (Å²) < 4.78 is 0. The van der Waals surface area contributed by atoms with Crippen molar-refractivity contribution in [3.05, 3.63) is 35.4 Å². The molecule has 0 bridgehead atoms. The van der Waals surface area contributed by atoms with Crippen LogP contribution >= 0.6 is 0 Å². The van der Waals surface area contributed by atoms with Crippen molar-refractivity contribution < 1.29 is 44.3 Å². The van der Waals surface area contributed by atoms with Gasteiger partial charge in [-0.1, -0.05) is 31.2 Å². The Hall–Kier alpha value is -0.640. The van der Waals surface area contributed by atoms with E-state index in [1.807, 2.05) is 24.3 Å². The topological polar surface area (TPSA) is 57.2 Å². The van der Waals surface area contributed by atoms with E-state index in [9.17, 15) is 14.7 Å². The van der Waals surface area contributed by atoms with Gasteiger partial charge in [0.2, 0.25) is 0 Å². The maximum Gasteiger partial charge on any atom is 1.00 e. The summed E-state index contributed by atoms with van der Waals surface area (Å²) in [5.74, 6) is -1.13. The van der Waals surface area contributed by atoms with Crippen molar-refractivity contribution in [2.24, 2.45) is 5.92 Å². The van der Waals surface area contributed by atoms with Crippen LogP contribution < -0.4 is 34.7 Å². The minimum atomic E-state index is -1.06. The molecule has 3 nitrogen and oxygen atoms in total. The number of aliphatic carboxylic acids is 1. The number of rotatable bonds is 4. The maximum absolute atomic E-state index is 11.6. The van der Waals surface area contributed by atoms with E-state index in [0.29, 0.717) is 12.2 Å². The molecule has 1 saturated carbocycles. The fourth-order valence-electron chi connectivity index (χ4n) is 2.47. The second-order valence-corrected chi connectivity index (χ2v) is 5.04. The number of hydrogen-bond acceptors (Lipinski definition) is 3. The van der Waals surface area contributed by atoms with E-state index in [1.54, 1.807) is 6.92 Å². The number of hydrogen-bond donors (Lipinski definition) is 0. The van der Waals surface area contributed by atoms with Gasteiger partial charge < -0.3 is 9.90 Å². The zero-order valence-corrected chi connectivity index (χ0v) is 13.5. The van der Waals surface area contributed by atoms with Crippen LogP contribution in [0.1, 0.15) is 43.2 Å². The maximum atomic E-state index is 11.6. The Morgan fingerprint density at radius 1 is 1.37 bits per heavy atom. The molecular formula is C15H17NaO3. The van der Waals surface area contributed by atoms with E-state index >= 15 is 0 Å². The summed E-state index contributed by atoms with van der Waals surface area (Å²) >= 11 is 0. The summed E-state index contributed by atoms with van der Waals surface area (Å²) in [6.45, 7) is 1.62. The van der Waals surface area contributed by atoms with Crippen molar-refractivity contribution >= 4 is 11.8 Å². The molecule has 0 aromatic heterocycles. The Morgan fingerprint density at radius 3 is 2.47 bits per heavy atom. The Morgan fingerprint density at radius 2 is 2.00 bits per heavy atom. The molecule has 96 valence electrons. The molecule has 0 radical (unpaired) electrons. The fraction of sp³-hybridized carbons (Fsp3) is 0.467. The standard InChI is InChI=1S/C15H18O3.Na/c1-10(15(17)18)12-7-5-11(6-8-12)9-13-3-2-4-14(13)16;/h5-8,10,13H,2-4,9H2,1H3,(H,17,18);/q;+1/p-1. The van der Waals surface area contributed by atoms with Crippen molar-refractivity contribution in [1.29, 1.82) is 0 Å². The quantitative estimate of drug-likeness (QED) is 0.622. The zero-order valence-electron chi connectivity index (χ0n) is 11.5. The first-order valence-electron chi connectivity index (χ1n) is 6.40. The number of carboxylic acid groups (broad SMARTS) is 1. The normalized spacial score (nSPS) is 19.8. The van der Waals surface area contributed by atoms with Gasteiger partial charge >= 0.3 is 29.6 Å². The van der Waals surface area contributed by atoms with Crippen LogP contribution in [0.3, 0.4) is 0 Å². The monoisotopic (exact) mass is 268 g/mol. The molecule has 1 aromatic carbocycles. The molecule has 0 spiro atoms. The molecule has 0 N–H and O–H groups in total. The van der Waals surface area contributed by atoms with Crippen LogP contribution in [0.15, 0.2) is 24.3 Å². The van der Waals surface area contributed by atoms with Crippen LogP contribution in [-0.4, -0.2) is 11.8 Å². The van der Waals surface area contributed by atoms with Gasteiger partial charge in [0.05, 0.1) is 0 Å². The van der Waals surface area contributed by atoms with E-state index in [0.717, 1.165) is 30.4 Å². The molecule has 1 aliphatic carbocycles. The largest absolute Gasteiger partial charge is 1.00 e. The molecule has 0 heterocycles. The summed E-state index contributed by atoms with van der Waals surface area (Å²) in [6.07, 6.45) is 3.47. The molecule has 19 heavy (non-hydrogen) atoms. The predicted octanol–water partition coefficient (Wildman–Crippen LogP) is -1.54. The van der Waals surface area contributed by atoms with E-state index < -0.39 is 11.9 Å². The Balaban J connectivity index is 0.00000180. The number of carbonyl (C=O) groups is 2. The Kier molecular flexibility index (Phi) is 6.24. The number of carbonyl (C=O) groups excluding carboxylic acids is 2. The number of benzene rings is 1. The summed E-state index contributed by atoms with van der Waals surface area (Å²) in [5.41, 5.74) is 1.85. The Bertz CT molecular complexity index is 453. The van der Waals surface area contributed by atoms with Crippen LogP contribution in [-0.2, 0) is 16.0 Å². The molecule has 4 heteroatoms. The van der Waals surface area contributed by atoms with Gasteiger partial charge in [-0.2, -0.15) is 0 Å². The molecule has 2 atom stereocenters. The third-order valence-corrected chi connectivity index (χ3v) is 3.75. The van der Waals surface area contributed by atoms with Crippen LogP contribution in [0.25, 0.3) is 0 Å². The zero-order chi connectivity index (χ0) is 13.1. The summed E-state index contributed by atoms with van der Waals surface area (Å²) in [5, 5.41) is 10.8. The molecule has 0 saturated heterocycles. The van der Waals surface area contributed by atoms with Gasteiger partial charge in [-0.25, -0.2) is 0 Å². The molecule has 1 fully saturated rings. The van der Waals surface area contributed by atoms with Crippen molar-refractivity contribution in [1.82, 2.24) is 0 Å². The SMILES string of the molecule is CC(C(=O)[O-])c1ccc(CC2CCCC2=O)cc1.[Na+]. The van der Waals surface area contributed by atoms with Gasteiger partial charge in [0.1, 0.15) is 5.78 Å². The average molecular weight is 268 g/mol. The molecule has 0 aliphatic heterocycles. The molecule has 0 amide bonds. The van der Waals surface area contributed by atoms with Gasteiger partial charge in [0.15, 0.2) is 0 Å². The second kappa shape index (κ2) is 7.22. The van der Waals surface area contributed by atoms with Gasteiger partial charge in [-0.15, -0.1) is 0 Å². The van der Waals surface area contributed by atoms with Gasteiger partial charge in [-0.05, 0) is 30.4 Å². The number of ketones is 1. The molecule has 2 unspecified atom stereocenters. The van der Waals surface area contributed by atoms with Crippen molar-refractivity contribution in [2.45, 2.75) is 38.5 Å².